The number of nitrogens with one attached hydrogen (secondary N) is 2. The minimum atomic E-state index is -0.0516. The lowest BCUT2D eigenvalue weighted by Gasteiger charge is -2.28. The van der Waals surface area contributed by atoms with E-state index in [1.54, 1.807) is 0 Å². The standard InChI is InChI=1S/C20H32N4O2/c1-20(2,3)24-17-10-6-9-16(15(17)13-22-24)23-18(25)11-12-21-19(26)14-7-4-5-8-14/h13-14,16H,4-12H2,1-3H3,(H,21,26)(H,23,25)/t16-/m0/s1. The van der Waals surface area contributed by atoms with Crippen LogP contribution in [-0.2, 0) is 21.5 Å². The van der Waals surface area contributed by atoms with Crippen LogP contribution in [0, 0.1) is 5.92 Å². The quantitative estimate of drug-likeness (QED) is 0.848. The van der Waals surface area contributed by atoms with Crippen molar-refractivity contribution in [1.29, 1.82) is 0 Å². The van der Waals surface area contributed by atoms with E-state index >= 15 is 0 Å². The summed E-state index contributed by atoms with van der Waals surface area (Å²) in [7, 11) is 0. The molecule has 1 heterocycles. The molecule has 1 fully saturated rings. The zero-order valence-corrected chi connectivity index (χ0v) is 16.3. The summed E-state index contributed by atoms with van der Waals surface area (Å²) in [5.41, 5.74) is 2.34. The van der Waals surface area contributed by atoms with E-state index in [1.165, 1.54) is 5.69 Å². The molecule has 2 N–H and O–H groups in total. The maximum atomic E-state index is 12.3. The lowest BCUT2D eigenvalue weighted by atomic mass is 9.92. The van der Waals surface area contributed by atoms with Gasteiger partial charge in [0, 0.05) is 30.1 Å². The molecule has 26 heavy (non-hydrogen) atoms. The van der Waals surface area contributed by atoms with Gasteiger partial charge in [-0.1, -0.05) is 12.8 Å². The molecule has 2 amide bonds. The lowest BCUT2D eigenvalue weighted by molar-refractivity contribution is -0.125. The van der Waals surface area contributed by atoms with Crippen molar-refractivity contribution >= 4 is 11.8 Å². The number of carbonyl (C=O) groups is 2. The van der Waals surface area contributed by atoms with Crippen molar-refractivity contribution in [3.63, 3.8) is 0 Å². The van der Waals surface area contributed by atoms with E-state index in [4.69, 9.17) is 0 Å². The molecule has 1 atom stereocenters. The SMILES string of the molecule is CC(C)(C)n1ncc2c1CCC[C@@H]2NC(=O)CCNC(=O)C1CCCC1. The predicted octanol–water partition coefficient (Wildman–Crippen LogP) is 2.83. The Bertz CT molecular complexity index is 653. The molecule has 6 heteroatoms. The van der Waals surface area contributed by atoms with Crippen molar-refractivity contribution in [2.24, 2.45) is 5.92 Å². The molecule has 0 radical (unpaired) electrons. The summed E-state index contributed by atoms with van der Waals surface area (Å²) >= 11 is 0. The summed E-state index contributed by atoms with van der Waals surface area (Å²) in [6.45, 7) is 6.86. The second-order valence-corrected chi connectivity index (χ2v) is 8.66. The lowest BCUT2D eigenvalue weighted by Crippen LogP contribution is -2.36. The fraction of sp³-hybridized carbons (Fsp3) is 0.750. The largest absolute Gasteiger partial charge is 0.355 e. The number of nitrogens with zero attached hydrogens (tertiary/aromatic N) is 2. The van der Waals surface area contributed by atoms with Gasteiger partial charge in [-0.2, -0.15) is 5.10 Å². The molecule has 0 saturated heterocycles. The number of hydrogen-bond donors (Lipinski definition) is 2. The number of rotatable bonds is 5. The molecule has 144 valence electrons. The molecule has 1 aromatic heterocycles. The average molecular weight is 361 g/mol. The van der Waals surface area contributed by atoms with Crippen LogP contribution in [0.1, 0.15) is 83.0 Å². The Labute approximate surface area is 156 Å². The van der Waals surface area contributed by atoms with E-state index in [0.717, 1.165) is 50.5 Å². The van der Waals surface area contributed by atoms with E-state index < -0.39 is 0 Å². The zero-order chi connectivity index (χ0) is 18.7. The number of amides is 2. The second-order valence-electron chi connectivity index (χ2n) is 8.66. The van der Waals surface area contributed by atoms with E-state index in [1.807, 2.05) is 6.20 Å². The maximum Gasteiger partial charge on any atom is 0.223 e. The monoisotopic (exact) mass is 360 g/mol. The Morgan fingerprint density at radius 3 is 2.62 bits per heavy atom. The highest BCUT2D eigenvalue weighted by Crippen LogP contribution is 2.32. The Balaban J connectivity index is 1.51. The molecule has 0 aliphatic heterocycles. The van der Waals surface area contributed by atoms with Gasteiger partial charge >= 0.3 is 0 Å². The van der Waals surface area contributed by atoms with Crippen molar-refractivity contribution in [2.75, 3.05) is 6.54 Å². The topological polar surface area (TPSA) is 76.0 Å². The average Bonchev–Trinajstić information content (AvgIpc) is 3.24. The van der Waals surface area contributed by atoms with Crippen LogP contribution in [0.25, 0.3) is 0 Å². The van der Waals surface area contributed by atoms with Crippen molar-refractivity contribution in [2.45, 2.75) is 83.7 Å². The fourth-order valence-electron chi connectivity index (χ4n) is 4.18. The maximum absolute atomic E-state index is 12.3. The highest BCUT2D eigenvalue weighted by atomic mass is 16.2. The molecule has 0 aromatic carbocycles. The second kappa shape index (κ2) is 7.80. The smallest absolute Gasteiger partial charge is 0.223 e. The molecule has 6 nitrogen and oxygen atoms in total. The van der Waals surface area contributed by atoms with Gasteiger partial charge in [0.25, 0.3) is 0 Å². The third-order valence-corrected chi connectivity index (χ3v) is 5.53. The van der Waals surface area contributed by atoms with Gasteiger partial charge in [-0.3, -0.25) is 14.3 Å². The van der Waals surface area contributed by atoms with Crippen LogP contribution in [-0.4, -0.2) is 28.1 Å². The highest BCUT2D eigenvalue weighted by Gasteiger charge is 2.29. The van der Waals surface area contributed by atoms with Gasteiger partial charge in [-0.25, -0.2) is 0 Å². The van der Waals surface area contributed by atoms with Gasteiger partial charge in [0.15, 0.2) is 0 Å². The van der Waals surface area contributed by atoms with Crippen LogP contribution in [0.2, 0.25) is 0 Å². The third kappa shape index (κ3) is 4.27. The molecular weight excluding hydrogens is 328 g/mol. The minimum Gasteiger partial charge on any atom is -0.355 e. The van der Waals surface area contributed by atoms with Gasteiger partial charge in [0.05, 0.1) is 17.8 Å². The van der Waals surface area contributed by atoms with Gasteiger partial charge in [-0.15, -0.1) is 0 Å². The summed E-state index contributed by atoms with van der Waals surface area (Å²) in [5, 5.41) is 10.6. The summed E-state index contributed by atoms with van der Waals surface area (Å²) in [6, 6.07) is 0.0351. The van der Waals surface area contributed by atoms with E-state index in [9.17, 15) is 9.59 Å². The molecule has 2 aliphatic carbocycles. The van der Waals surface area contributed by atoms with Gasteiger partial charge in [0.1, 0.15) is 0 Å². The molecule has 0 spiro atoms. The van der Waals surface area contributed by atoms with Gasteiger partial charge in [0.2, 0.25) is 11.8 Å². The first-order chi connectivity index (χ1) is 12.4. The van der Waals surface area contributed by atoms with E-state index in [0.29, 0.717) is 13.0 Å². The number of fused-ring (bicyclic) bond motifs is 1. The molecule has 1 saturated carbocycles. The van der Waals surface area contributed by atoms with Crippen LogP contribution in [0.5, 0.6) is 0 Å². The van der Waals surface area contributed by atoms with Gasteiger partial charge in [-0.05, 0) is 52.9 Å². The Hall–Kier alpha value is -1.85. The molecule has 1 aromatic rings. The summed E-state index contributed by atoms with van der Waals surface area (Å²) in [5.74, 6) is 0.266. The first-order valence-electron chi connectivity index (χ1n) is 10.0. The summed E-state index contributed by atoms with van der Waals surface area (Å²) in [6.07, 6.45) is 9.51. The summed E-state index contributed by atoms with van der Waals surface area (Å²) in [4.78, 5) is 24.4. The number of aromatic nitrogens is 2. The van der Waals surface area contributed by atoms with Crippen LogP contribution < -0.4 is 10.6 Å². The first kappa shape index (κ1) is 18.9. The molecule has 0 unspecified atom stereocenters. The molecule has 3 rings (SSSR count). The van der Waals surface area contributed by atoms with Crippen molar-refractivity contribution in [3.05, 3.63) is 17.5 Å². The normalized spacial score (nSPS) is 20.7. The fourth-order valence-corrected chi connectivity index (χ4v) is 4.18. The first-order valence-corrected chi connectivity index (χ1v) is 10.0. The van der Waals surface area contributed by atoms with Crippen LogP contribution in [0.4, 0.5) is 0 Å². The van der Waals surface area contributed by atoms with E-state index in [-0.39, 0.29) is 29.3 Å². The minimum absolute atomic E-state index is 0.00178. The van der Waals surface area contributed by atoms with Crippen LogP contribution in [0.15, 0.2) is 6.20 Å². The van der Waals surface area contributed by atoms with E-state index in [2.05, 4.69) is 41.2 Å². The number of carbonyl (C=O) groups excluding carboxylic acids is 2. The van der Waals surface area contributed by atoms with Crippen molar-refractivity contribution in [1.82, 2.24) is 20.4 Å². The Kier molecular flexibility index (Phi) is 5.68. The van der Waals surface area contributed by atoms with Crippen molar-refractivity contribution in [3.8, 4) is 0 Å². The Morgan fingerprint density at radius 1 is 1.19 bits per heavy atom. The Morgan fingerprint density at radius 2 is 1.92 bits per heavy atom. The molecule has 2 aliphatic rings. The number of hydrogen-bond acceptors (Lipinski definition) is 3. The predicted molar refractivity (Wildman–Crippen MR) is 101 cm³/mol. The van der Waals surface area contributed by atoms with Crippen molar-refractivity contribution < 1.29 is 9.59 Å². The molecule has 0 bridgehead atoms. The van der Waals surface area contributed by atoms with Gasteiger partial charge < -0.3 is 10.6 Å². The van der Waals surface area contributed by atoms with Crippen LogP contribution in [0.3, 0.4) is 0 Å². The van der Waals surface area contributed by atoms with Crippen LogP contribution >= 0.6 is 0 Å². The summed E-state index contributed by atoms with van der Waals surface area (Å²) < 4.78 is 2.09. The molecular formula is C20H32N4O2. The zero-order valence-electron chi connectivity index (χ0n) is 16.3. The highest BCUT2D eigenvalue weighted by molar-refractivity contribution is 5.80. The third-order valence-electron chi connectivity index (χ3n) is 5.53.